The highest BCUT2D eigenvalue weighted by atomic mass is 35.5. The van der Waals surface area contributed by atoms with E-state index in [0.717, 1.165) is 42.1 Å². The van der Waals surface area contributed by atoms with Crippen LogP contribution < -0.4 is 16.0 Å². The number of carbonyl (C=O) groups excluding carboxylic acids is 2. The summed E-state index contributed by atoms with van der Waals surface area (Å²) in [4.78, 5) is 34.9. The number of halogens is 1. The van der Waals surface area contributed by atoms with Gasteiger partial charge in [0.15, 0.2) is 0 Å². The third kappa shape index (κ3) is 5.98. The third-order valence-corrected chi connectivity index (χ3v) is 7.52. The number of carbonyl (C=O) groups is 2. The van der Waals surface area contributed by atoms with Crippen molar-refractivity contribution in [3.05, 3.63) is 39.1 Å². The van der Waals surface area contributed by atoms with Gasteiger partial charge in [-0.1, -0.05) is 37.3 Å². The lowest BCUT2D eigenvalue weighted by Gasteiger charge is -2.21. The van der Waals surface area contributed by atoms with Crippen LogP contribution in [-0.4, -0.2) is 33.9 Å². The van der Waals surface area contributed by atoms with Gasteiger partial charge in [-0.05, 0) is 45.1 Å². The number of thiazole rings is 1. The van der Waals surface area contributed by atoms with E-state index in [1.165, 1.54) is 24.2 Å². The number of hydrogen-bond acceptors (Lipinski definition) is 6. The zero-order valence-electron chi connectivity index (χ0n) is 18.5. The summed E-state index contributed by atoms with van der Waals surface area (Å²) >= 11 is 7.39. The zero-order valence-corrected chi connectivity index (χ0v) is 20.1. The highest BCUT2D eigenvalue weighted by molar-refractivity contribution is 7.13. The van der Waals surface area contributed by atoms with E-state index in [1.807, 2.05) is 19.9 Å². The molecule has 0 aromatic carbocycles. The Hall–Kier alpha value is -2.19. The second-order valence-electron chi connectivity index (χ2n) is 8.91. The Morgan fingerprint density at radius 3 is 2.66 bits per heavy atom. The Balaban J connectivity index is 1.40. The van der Waals surface area contributed by atoms with Crippen molar-refractivity contribution in [2.75, 3.05) is 5.32 Å². The van der Waals surface area contributed by atoms with E-state index >= 15 is 0 Å². The number of rotatable bonds is 9. The number of anilines is 1. The van der Waals surface area contributed by atoms with Crippen LogP contribution in [-0.2, 0) is 4.79 Å². The lowest BCUT2D eigenvalue weighted by Crippen LogP contribution is -2.48. The van der Waals surface area contributed by atoms with Crippen molar-refractivity contribution in [2.45, 2.75) is 76.9 Å². The molecule has 2 saturated carbocycles. The number of aryl methyl sites for hydroxylation is 1. The normalized spacial score (nSPS) is 18.2. The first-order valence-electron chi connectivity index (χ1n) is 11.3. The minimum atomic E-state index is -0.493. The van der Waals surface area contributed by atoms with Gasteiger partial charge in [-0.3, -0.25) is 14.6 Å². The number of hydrogen-bond donors (Lipinski definition) is 3. The molecule has 32 heavy (non-hydrogen) atoms. The molecule has 3 N–H and O–H groups in total. The number of nitrogens with zero attached hydrogens (tertiary/aromatic N) is 2. The van der Waals surface area contributed by atoms with Gasteiger partial charge in [-0.2, -0.15) is 0 Å². The van der Waals surface area contributed by atoms with E-state index in [-0.39, 0.29) is 23.9 Å². The van der Waals surface area contributed by atoms with E-state index in [2.05, 4.69) is 25.9 Å². The molecule has 2 aliphatic carbocycles. The molecule has 7 nitrogen and oxygen atoms in total. The second-order valence-corrected chi connectivity index (χ2v) is 10.4. The Kier molecular flexibility index (Phi) is 7.30. The molecule has 9 heteroatoms. The summed E-state index contributed by atoms with van der Waals surface area (Å²) in [5.74, 6) is 0.202. The van der Waals surface area contributed by atoms with Crippen molar-refractivity contribution in [3.63, 3.8) is 0 Å². The van der Waals surface area contributed by atoms with E-state index in [4.69, 9.17) is 11.6 Å². The van der Waals surface area contributed by atoms with Crippen LogP contribution in [0.4, 0.5) is 5.69 Å². The maximum Gasteiger partial charge on any atom is 0.263 e. The number of amides is 2. The molecule has 2 aliphatic rings. The second kappa shape index (κ2) is 10.2. The molecule has 0 saturated heterocycles. The molecule has 2 aromatic heterocycles. The van der Waals surface area contributed by atoms with Crippen LogP contribution in [0, 0.1) is 12.8 Å². The lowest BCUT2D eigenvalue weighted by atomic mass is 9.97. The highest BCUT2D eigenvalue weighted by Crippen LogP contribution is 2.30. The molecule has 172 valence electrons. The average molecular weight is 476 g/mol. The van der Waals surface area contributed by atoms with Crippen molar-refractivity contribution >= 4 is 40.4 Å². The van der Waals surface area contributed by atoms with Crippen LogP contribution in [0.5, 0.6) is 0 Å². The minimum absolute atomic E-state index is 0.0588. The molecule has 1 unspecified atom stereocenters. The van der Waals surface area contributed by atoms with Gasteiger partial charge in [0.1, 0.15) is 15.9 Å². The summed E-state index contributed by atoms with van der Waals surface area (Å²) in [6, 6.07) is 1.49. The lowest BCUT2D eigenvalue weighted by molar-refractivity contribution is -0.123. The standard InChI is InChI=1S/C23H30ClN5O2S/c1-13-18(10-16(24)11-25-13)27-14(2)23-26-12-20(32-23)22(31)29-19(9-15-5-3-4-6-15)21(30)28-17-7-8-17/h10-12,14-15,17,19,27H,3-9H2,1-2H3,(H,28,30)(H,29,31)/t14?,19-/m0/s1. The molecule has 2 amide bonds. The number of aromatic nitrogens is 2. The van der Waals surface area contributed by atoms with Crippen molar-refractivity contribution in [3.8, 4) is 0 Å². The summed E-state index contributed by atoms with van der Waals surface area (Å²) in [5, 5.41) is 10.7. The van der Waals surface area contributed by atoms with Gasteiger partial charge in [-0.15, -0.1) is 11.3 Å². The van der Waals surface area contributed by atoms with Crippen LogP contribution in [0.25, 0.3) is 0 Å². The van der Waals surface area contributed by atoms with E-state index in [9.17, 15) is 9.59 Å². The maximum atomic E-state index is 13.0. The Bertz CT molecular complexity index is 971. The Labute approximate surface area is 197 Å². The topological polar surface area (TPSA) is 96.0 Å². The first-order chi connectivity index (χ1) is 15.4. The largest absolute Gasteiger partial charge is 0.375 e. The first kappa shape index (κ1) is 23.0. The van der Waals surface area contributed by atoms with Gasteiger partial charge in [0, 0.05) is 12.2 Å². The summed E-state index contributed by atoms with van der Waals surface area (Å²) in [7, 11) is 0. The fourth-order valence-corrected chi connectivity index (χ4v) is 5.09. The average Bonchev–Trinajstić information content (AvgIpc) is 3.22. The Morgan fingerprint density at radius 1 is 1.19 bits per heavy atom. The fourth-order valence-electron chi connectivity index (χ4n) is 4.11. The zero-order chi connectivity index (χ0) is 22.7. The Morgan fingerprint density at radius 2 is 1.94 bits per heavy atom. The molecule has 2 atom stereocenters. The van der Waals surface area contributed by atoms with Crippen LogP contribution >= 0.6 is 22.9 Å². The first-order valence-corrected chi connectivity index (χ1v) is 12.5. The molecule has 0 radical (unpaired) electrons. The SMILES string of the molecule is Cc1ncc(Cl)cc1NC(C)c1ncc(C(=O)N[C@@H](CC2CCCC2)C(=O)NC2CC2)s1. The summed E-state index contributed by atoms with van der Waals surface area (Å²) in [6.45, 7) is 3.89. The molecule has 2 aromatic rings. The van der Waals surface area contributed by atoms with E-state index in [0.29, 0.717) is 22.2 Å². The predicted octanol–water partition coefficient (Wildman–Crippen LogP) is 4.63. The van der Waals surface area contributed by atoms with E-state index < -0.39 is 6.04 Å². The highest BCUT2D eigenvalue weighted by Gasteiger charge is 2.31. The van der Waals surface area contributed by atoms with Gasteiger partial charge < -0.3 is 16.0 Å². The van der Waals surface area contributed by atoms with Gasteiger partial charge in [0.05, 0.1) is 28.6 Å². The molecule has 0 spiro atoms. The third-order valence-electron chi connectivity index (χ3n) is 6.13. The predicted molar refractivity (Wildman–Crippen MR) is 127 cm³/mol. The van der Waals surface area contributed by atoms with Crippen LogP contribution in [0.2, 0.25) is 5.02 Å². The monoisotopic (exact) mass is 475 g/mol. The molecule has 2 fully saturated rings. The fraction of sp³-hybridized carbons (Fsp3) is 0.565. The van der Waals surface area contributed by atoms with Crippen molar-refractivity contribution in [1.82, 2.24) is 20.6 Å². The smallest absolute Gasteiger partial charge is 0.263 e. The van der Waals surface area contributed by atoms with E-state index in [1.54, 1.807) is 12.4 Å². The molecule has 0 aliphatic heterocycles. The maximum absolute atomic E-state index is 13.0. The van der Waals surface area contributed by atoms with Gasteiger partial charge in [-0.25, -0.2) is 4.98 Å². The van der Waals surface area contributed by atoms with Crippen molar-refractivity contribution < 1.29 is 9.59 Å². The van der Waals surface area contributed by atoms with Crippen LogP contribution in [0.15, 0.2) is 18.5 Å². The van der Waals surface area contributed by atoms with Gasteiger partial charge in [0.25, 0.3) is 5.91 Å². The molecular weight excluding hydrogens is 446 g/mol. The summed E-state index contributed by atoms with van der Waals surface area (Å²) < 4.78 is 0. The number of pyridine rings is 1. The van der Waals surface area contributed by atoms with Crippen molar-refractivity contribution in [1.29, 1.82) is 0 Å². The number of nitrogens with one attached hydrogen (secondary N) is 3. The molecule has 4 rings (SSSR count). The molecule has 2 heterocycles. The van der Waals surface area contributed by atoms with Gasteiger partial charge >= 0.3 is 0 Å². The summed E-state index contributed by atoms with van der Waals surface area (Å²) in [6.07, 6.45) is 10.6. The van der Waals surface area contributed by atoms with Gasteiger partial charge in [0.2, 0.25) is 5.91 Å². The minimum Gasteiger partial charge on any atom is -0.375 e. The molecule has 0 bridgehead atoms. The summed E-state index contributed by atoms with van der Waals surface area (Å²) in [5.41, 5.74) is 1.67. The quantitative estimate of drug-likeness (QED) is 0.491. The molecular formula is C23H30ClN5O2S. The van der Waals surface area contributed by atoms with Crippen LogP contribution in [0.1, 0.15) is 78.3 Å². The van der Waals surface area contributed by atoms with Crippen LogP contribution in [0.3, 0.4) is 0 Å². The van der Waals surface area contributed by atoms with Crippen molar-refractivity contribution in [2.24, 2.45) is 5.92 Å².